The quantitative estimate of drug-likeness (QED) is 0.681. The predicted molar refractivity (Wildman–Crippen MR) is 129 cm³/mol. The van der Waals surface area contributed by atoms with E-state index in [0.717, 1.165) is 48.9 Å². The first-order valence-corrected chi connectivity index (χ1v) is 11.3. The molecule has 0 atom stereocenters. The van der Waals surface area contributed by atoms with Crippen LogP contribution in [0, 0.1) is 0 Å². The molecular formula is C24H36N4O4. The van der Waals surface area contributed by atoms with Crippen LogP contribution < -0.4 is 21.3 Å². The number of hydrogen-bond acceptors (Lipinski definition) is 8. The van der Waals surface area contributed by atoms with E-state index in [-0.39, 0.29) is 0 Å². The lowest BCUT2D eigenvalue weighted by molar-refractivity contribution is 0.0436. The lowest BCUT2D eigenvalue weighted by Gasteiger charge is -2.27. The summed E-state index contributed by atoms with van der Waals surface area (Å²) in [6.45, 7) is 7.48. The van der Waals surface area contributed by atoms with Crippen LogP contribution in [0.3, 0.4) is 0 Å². The van der Waals surface area contributed by atoms with Crippen LogP contribution in [0.4, 0.5) is 22.7 Å². The molecule has 3 rings (SSSR count). The summed E-state index contributed by atoms with van der Waals surface area (Å²) in [4.78, 5) is 4.39. The molecule has 32 heavy (non-hydrogen) atoms. The average Bonchev–Trinajstić information content (AvgIpc) is 2.80. The lowest BCUT2D eigenvalue weighted by atomic mass is 10.2. The summed E-state index contributed by atoms with van der Waals surface area (Å²) in [5.74, 6) is 0. The van der Waals surface area contributed by atoms with Gasteiger partial charge in [0.1, 0.15) is 0 Å². The average molecular weight is 445 g/mol. The summed E-state index contributed by atoms with van der Waals surface area (Å²) in [6.07, 6.45) is 0. The van der Waals surface area contributed by atoms with Crippen molar-refractivity contribution in [3.8, 4) is 0 Å². The number of nitrogens with two attached hydrogens (primary N) is 2. The number of para-hydroxylation sites is 4. The minimum absolute atomic E-state index is 0.547. The molecule has 0 radical (unpaired) electrons. The number of nitrogen functional groups attached to an aromatic ring is 2. The molecule has 4 N–H and O–H groups in total. The summed E-state index contributed by atoms with van der Waals surface area (Å²) < 4.78 is 23.2. The van der Waals surface area contributed by atoms with Gasteiger partial charge in [0.2, 0.25) is 0 Å². The molecule has 0 unspecified atom stereocenters. The van der Waals surface area contributed by atoms with Crippen molar-refractivity contribution in [2.24, 2.45) is 0 Å². The van der Waals surface area contributed by atoms with E-state index >= 15 is 0 Å². The van der Waals surface area contributed by atoms with E-state index in [9.17, 15) is 0 Å². The van der Waals surface area contributed by atoms with Crippen LogP contribution in [0.15, 0.2) is 48.5 Å². The molecule has 1 aliphatic rings. The molecule has 0 aliphatic carbocycles. The zero-order valence-corrected chi connectivity index (χ0v) is 18.8. The van der Waals surface area contributed by atoms with Crippen LogP contribution in [0.5, 0.6) is 0 Å². The first-order valence-electron chi connectivity index (χ1n) is 11.3. The van der Waals surface area contributed by atoms with E-state index in [2.05, 4.69) is 9.80 Å². The van der Waals surface area contributed by atoms with E-state index in [0.29, 0.717) is 52.9 Å². The molecule has 0 saturated carbocycles. The molecule has 2 aromatic rings. The highest BCUT2D eigenvalue weighted by Gasteiger charge is 2.11. The van der Waals surface area contributed by atoms with Crippen LogP contribution in [0.25, 0.3) is 0 Å². The maximum atomic E-state index is 6.17. The van der Waals surface area contributed by atoms with E-state index in [1.54, 1.807) is 0 Å². The van der Waals surface area contributed by atoms with Gasteiger partial charge in [0.05, 0.1) is 75.6 Å². The molecule has 176 valence electrons. The van der Waals surface area contributed by atoms with Crippen molar-refractivity contribution >= 4 is 22.7 Å². The number of nitrogens with zero attached hydrogens (tertiary/aromatic N) is 2. The van der Waals surface area contributed by atoms with Gasteiger partial charge in [-0.05, 0) is 24.3 Å². The topological polar surface area (TPSA) is 95.4 Å². The fourth-order valence-electron chi connectivity index (χ4n) is 3.60. The number of rotatable bonds is 2. The third-order valence-corrected chi connectivity index (χ3v) is 5.32. The van der Waals surface area contributed by atoms with Crippen molar-refractivity contribution in [1.82, 2.24) is 0 Å². The van der Waals surface area contributed by atoms with Crippen molar-refractivity contribution in [3.05, 3.63) is 48.5 Å². The van der Waals surface area contributed by atoms with Gasteiger partial charge in [0.15, 0.2) is 0 Å². The molecule has 1 fully saturated rings. The van der Waals surface area contributed by atoms with Gasteiger partial charge in [-0.2, -0.15) is 0 Å². The summed E-state index contributed by atoms with van der Waals surface area (Å²) in [5, 5.41) is 0. The number of anilines is 4. The zero-order chi connectivity index (χ0) is 22.4. The summed E-state index contributed by atoms with van der Waals surface area (Å²) in [5.41, 5.74) is 15.9. The molecular weight excluding hydrogens is 408 g/mol. The minimum atomic E-state index is 0.547. The Hall–Kier alpha value is -2.52. The van der Waals surface area contributed by atoms with Crippen LogP contribution in [0.2, 0.25) is 0 Å². The highest BCUT2D eigenvalue weighted by molar-refractivity contribution is 5.68. The first kappa shape index (κ1) is 24.1. The third-order valence-electron chi connectivity index (χ3n) is 5.32. The second kappa shape index (κ2) is 13.8. The second-order valence-electron chi connectivity index (χ2n) is 7.54. The molecule has 0 bridgehead atoms. The summed E-state index contributed by atoms with van der Waals surface area (Å²) in [7, 11) is 0. The Morgan fingerprint density at radius 2 is 0.781 bits per heavy atom. The monoisotopic (exact) mass is 444 g/mol. The van der Waals surface area contributed by atoms with Crippen molar-refractivity contribution in [1.29, 1.82) is 0 Å². The normalized spacial score (nSPS) is 18.6. The minimum Gasteiger partial charge on any atom is -0.397 e. The Labute approximate surface area is 191 Å². The van der Waals surface area contributed by atoms with E-state index in [4.69, 9.17) is 30.4 Å². The highest BCUT2D eigenvalue weighted by Crippen LogP contribution is 2.23. The molecule has 1 heterocycles. The van der Waals surface area contributed by atoms with Gasteiger partial charge in [-0.3, -0.25) is 0 Å². The van der Waals surface area contributed by atoms with Crippen LogP contribution in [-0.2, 0) is 18.9 Å². The molecule has 0 aromatic heterocycles. The van der Waals surface area contributed by atoms with Crippen LogP contribution in [-0.4, -0.2) is 79.0 Å². The number of benzene rings is 2. The van der Waals surface area contributed by atoms with Gasteiger partial charge >= 0.3 is 0 Å². The van der Waals surface area contributed by atoms with Gasteiger partial charge in [-0.15, -0.1) is 0 Å². The SMILES string of the molecule is Nc1ccccc1N1CCOCCOCCN(c2ccccc2N)CCOCCOCC1. The lowest BCUT2D eigenvalue weighted by Crippen LogP contribution is -2.33. The first-order chi connectivity index (χ1) is 15.8. The van der Waals surface area contributed by atoms with Gasteiger partial charge in [0, 0.05) is 26.2 Å². The fourth-order valence-corrected chi connectivity index (χ4v) is 3.60. The summed E-state index contributed by atoms with van der Waals surface area (Å²) in [6, 6.07) is 15.7. The molecule has 1 aliphatic heterocycles. The summed E-state index contributed by atoms with van der Waals surface area (Å²) >= 11 is 0. The maximum Gasteiger partial charge on any atom is 0.0701 e. The largest absolute Gasteiger partial charge is 0.397 e. The maximum absolute atomic E-state index is 6.17. The van der Waals surface area contributed by atoms with Gasteiger partial charge in [0.25, 0.3) is 0 Å². The van der Waals surface area contributed by atoms with E-state index in [1.165, 1.54) is 0 Å². The fraction of sp³-hybridized carbons (Fsp3) is 0.500. The van der Waals surface area contributed by atoms with Crippen LogP contribution in [0.1, 0.15) is 0 Å². The molecule has 8 nitrogen and oxygen atoms in total. The number of hydrogen-bond donors (Lipinski definition) is 2. The smallest absolute Gasteiger partial charge is 0.0701 e. The number of ether oxygens (including phenoxy) is 4. The van der Waals surface area contributed by atoms with Crippen molar-refractivity contribution < 1.29 is 18.9 Å². The second-order valence-corrected chi connectivity index (χ2v) is 7.54. The Morgan fingerprint density at radius 3 is 1.09 bits per heavy atom. The Balaban J connectivity index is 1.53. The van der Waals surface area contributed by atoms with Gasteiger partial charge in [-0.25, -0.2) is 0 Å². The highest BCUT2D eigenvalue weighted by atomic mass is 16.5. The van der Waals surface area contributed by atoms with E-state index < -0.39 is 0 Å². The molecule has 1 saturated heterocycles. The molecule has 0 amide bonds. The third kappa shape index (κ3) is 7.87. The van der Waals surface area contributed by atoms with Crippen LogP contribution >= 0.6 is 0 Å². The Kier molecular flexibility index (Phi) is 10.4. The van der Waals surface area contributed by atoms with Crippen molar-refractivity contribution in [2.45, 2.75) is 0 Å². The van der Waals surface area contributed by atoms with Crippen molar-refractivity contribution in [3.63, 3.8) is 0 Å². The molecule has 2 aromatic carbocycles. The Morgan fingerprint density at radius 1 is 0.469 bits per heavy atom. The standard InChI is InChI=1S/C24H36N4O4/c25-21-5-1-3-7-23(21)27-9-13-29-17-19-31-15-11-28(24-8-4-2-6-22(24)26)12-16-32-20-18-30-14-10-27/h1-8H,9-20,25-26H2. The predicted octanol–water partition coefficient (Wildman–Crippen LogP) is 2.24. The molecule has 8 heteroatoms. The van der Waals surface area contributed by atoms with Gasteiger partial charge in [-0.1, -0.05) is 24.3 Å². The Bertz CT molecular complexity index is 707. The van der Waals surface area contributed by atoms with E-state index in [1.807, 2.05) is 48.5 Å². The van der Waals surface area contributed by atoms with Gasteiger partial charge < -0.3 is 40.2 Å². The van der Waals surface area contributed by atoms with Crippen molar-refractivity contribution in [2.75, 3.05) is 100 Å². The molecule has 0 spiro atoms. The zero-order valence-electron chi connectivity index (χ0n) is 18.8.